The number of rotatable bonds is 6. The van der Waals surface area contributed by atoms with Crippen LogP contribution in [0, 0.1) is 6.92 Å². The molecule has 6 nitrogen and oxygen atoms in total. The summed E-state index contributed by atoms with van der Waals surface area (Å²) in [6.07, 6.45) is 0. The smallest absolute Gasteiger partial charge is 0.243 e. The third-order valence-electron chi connectivity index (χ3n) is 5.30. The van der Waals surface area contributed by atoms with Gasteiger partial charge in [0.15, 0.2) is 0 Å². The Morgan fingerprint density at radius 2 is 1.62 bits per heavy atom. The third kappa shape index (κ3) is 5.23. The van der Waals surface area contributed by atoms with Crippen molar-refractivity contribution in [3.8, 4) is 0 Å². The molecular formula is C22H29N3O3S. The van der Waals surface area contributed by atoms with Crippen LogP contribution in [0.1, 0.15) is 30.9 Å². The number of hydrogen-bond acceptors (Lipinski definition) is 4. The van der Waals surface area contributed by atoms with Crippen LogP contribution in [0.15, 0.2) is 53.4 Å². The van der Waals surface area contributed by atoms with Crippen LogP contribution in [0.3, 0.4) is 0 Å². The van der Waals surface area contributed by atoms with E-state index in [4.69, 9.17) is 0 Å². The molecule has 1 N–H and O–H groups in total. The molecule has 1 aliphatic rings. The van der Waals surface area contributed by atoms with E-state index in [0.717, 1.165) is 16.8 Å². The van der Waals surface area contributed by atoms with Gasteiger partial charge in [-0.15, -0.1) is 0 Å². The predicted molar refractivity (Wildman–Crippen MR) is 116 cm³/mol. The number of aryl methyl sites for hydroxylation is 1. The molecule has 1 heterocycles. The second-order valence-electron chi connectivity index (χ2n) is 7.77. The first-order valence-corrected chi connectivity index (χ1v) is 11.4. The van der Waals surface area contributed by atoms with Crippen LogP contribution in [0.4, 0.5) is 5.69 Å². The molecule has 0 unspecified atom stereocenters. The van der Waals surface area contributed by atoms with Crippen molar-refractivity contribution in [2.24, 2.45) is 0 Å². The van der Waals surface area contributed by atoms with Crippen LogP contribution in [-0.4, -0.2) is 56.3 Å². The normalized spacial score (nSPS) is 16.1. The Labute approximate surface area is 173 Å². The average molecular weight is 416 g/mol. The topological polar surface area (TPSA) is 69.7 Å². The van der Waals surface area contributed by atoms with Crippen LogP contribution in [0.2, 0.25) is 0 Å². The van der Waals surface area contributed by atoms with E-state index in [-0.39, 0.29) is 12.5 Å². The summed E-state index contributed by atoms with van der Waals surface area (Å²) in [6.45, 7) is 8.20. The number of carbonyl (C=O) groups is 1. The maximum atomic E-state index is 12.9. The second kappa shape index (κ2) is 9.07. The SMILES string of the molecule is Cc1ccccc1NC(=O)CN1CCN(S(=O)(=O)c2ccc(C(C)C)cc2)CC1. The largest absolute Gasteiger partial charge is 0.325 e. The minimum absolute atomic E-state index is 0.0834. The molecule has 0 saturated carbocycles. The first kappa shape index (κ1) is 21.5. The van der Waals surface area contributed by atoms with Crippen molar-refractivity contribution in [3.63, 3.8) is 0 Å². The number of carbonyl (C=O) groups excluding carboxylic acids is 1. The zero-order valence-corrected chi connectivity index (χ0v) is 18.1. The molecular weight excluding hydrogens is 386 g/mol. The highest BCUT2D eigenvalue weighted by atomic mass is 32.2. The molecule has 1 amide bonds. The Bertz CT molecular complexity index is 948. The van der Waals surface area contributed by atoms with E-state index in [9.17, 15) is 13.2 Å². The van der Waals surface area contributed by atoms with Gasteiger partial charge in [0, 0.05) is 31.9 Å². The maximum absolute atomic E-state index is 12.9. The number of sulfonamides is 1. The van der Waals surface area contributed by atoms with E-state index >= 15 is 0 Å². The number of para-hydroxylation sites is 1. The molecule has 1 saturated heterocycles. The van der Waals surface area contributed by atoms with Gasteiger partial charge in [0.05, 0.1) is 11.4 Å². The monoisotopic (exact) mass is 415 g/mol. The Kier molecular flexibility index (Phi) is 6.72. The highest BCUT2D eigenvalue weighted by Crippen LogP contribution is 2.21. The molecule has 0 aromatic heterocycles. The first-order chi connectivity index (χ1) is 13.8. The fourth-order valence-electron chi connectivity index (χ4n) is 3.41. The zero-order chi connectivity index (χ0) is 21.0. The third-order valence-corrected chi connectivity index (χ3v) is 7.22. The number of nitrogens with one attached hydrogen (secondary N) is 1. The fraction of sp³-hybridized carbons (Fsp3) is 0.409. The summed E-state index contributed by atoms with van der Waals surface area (Å²) in [5.74, 6) is 0.279. The Morgan fingerprint density at radius 3 is 2.21 bits per heavy atom. The molecule has 1 aliphatic heterocycles. The maximum Gasteiger partial charge on any atom is 0.243 e. The van der Waals surface area contributed by atoms with Gasteiger partial charge in [-0.05, 0) is 42.2 Å². The lowest BCUT2D eigenvalue weighted by molar-refractivity contribution is -0.117. The molecule has 3 rings (SSSR count). The molecule has 0 radical (unpaired) electrons. The summed E-state index contributed by atoms with van der Waals surface area (Å²) >= 11 is 0. The minimum atomic E-state index is -3.50. The van der Waals surface area contributed by atoms with E-state index in [2.05, 4.69) is 19.2 Å². The second-order valence-corrected chi connectivity index (χ2v) is 9.71. The van der Waals surface area contributed by atoms with Crippen molar-refractivity contribution in [1.82, 2.24) is 9.21 Å². The quantitative estimate of drug-likeness (QED) is 0.787. The van der Waals surface area contributed by atoms with Crippen molar-refractivity contribution in [2.75, 3.05) is 38.0 Å². The molecule has 0 bridgehead atoms. The van der Waals surface area contributed by atoms with Crippen LogP contribution in [0.5, 0.6) is 0 Å². The summed E-state index contributed by atoms with van der Waals surface area (Å²) in [5.41, 5.74) is 2.94. The van der Waals surface area contributed by atoms with Gasteiger partial charge in [-0.2, -0.15) is 4.31 Å². The van der Waals surface area contributed by atoms with E-state index in [0.29, 0.717) is 37.0 Å². The van der Waals surface area contributed by atoms with Crippen LogP contribution in [0.25, 0.3) is 0 Å². The molecule has 0 atom stereocenters. The van der Waals surface area contributed by atoms with Gasteiger partial charge in [0.2, 0.25) is 15.9 Å². The molecule has 2 aromatic rings. The summed E-state index contributed by atoms with van der Waals surface area (Å²) in [6, 6.07) is 14.8. The highest BCUT2D eigenvalue weighted by molar-refractivity contribution is 7.89. The van der Waals surface area contributed by atoms with Crippen molar-refractivity contribution in [1.29, 1.82) is 0 Å². The van der Waals surface area contributed by atoms with E-state index in [1.54, 1.807) is 12.1 Å². The molecule has 1 fully saturated rings. The zero-order valence-electron chi connectivity index (χ0n) is 17.3. The van der Waals surface area contributed by atoms with Crippen LogP contribution in [-0.2, 0) is 14.8 Å². The lowest BCUT2D eigenvalue weighted by Gasteiger charge is -2.33. The van der Waals surface area contributed by atoms with Gasteiger partial charge in [0.1, 0.15) is 0 Å². The van der Waals surface area contributed by atoms with Crippen molar-refractivity contribution in [2.45, 2.75) is 31.6 Å². The van der Waals surface area contributed by atoms with Crippen LogP contribution >= 0.6 is 0 Å². The first-order valence-electron chi connectivity index (χ1n) is 9.95. The summed E-state index contributed by atoms with van der Waals surface area (Å²) in [7, 11) is -3.50. The number of hydrogen-bond donors (Lipinski definition) is 1. The lowest BCUT2D eigenvalue weighted by Crippen LogP contribution is -2.50. The number of amides is 1. The standard InChI is InChI=1S/C22H29N3O3S/c1-17(2)19-8-10-20(11-9-19)29(27,28)25-14-12-24(13-15-25)16-22(26)23-21-7-5-4-6-18(21)3/h4-11,17H,12-16H2,1-3H3,(H,23,26). The van der Waals surface area contributed by atoms with Gasteiger partial charge in [0.25, 0.3) is 0 Å². The van der Waals surface area contributed by atoms with Gasteiger partial charge in [-0.25, -0.2) is 8.42 Å². The summed E-state index contributed by atoms with van der Waals surface area (Å²) in [5, 5.41) is 2.93. The van der Waals surface area contributed by atoms with Crippen LogP contribution < -0.4 is 5.32 Å². The van der Waals surface area contributed by atoms with E-state index in [1.165, 1.54) is 4.31 Å². The van der Waals surface area contributed by atoms with E-state index < -0.39 is 10.0 Å². The Hall–Kier alpha value is -2.22. The molecule has 7 heteroatoms. The molecule has 0 spiro atoms. The Morgan fingerprint density at radius 1 is 1.00 bits per heavy atom. The molecule has 2 aromatic carbocycles. The molecule has 0 aliphatic carbocycles. The van der Waals surface area contributed by atoms with Crippen molar-refractivity contribution in [3.05, 3.63) is 59.7 Å². The van der Waals surface area contributed by atoms with Crippen molar-refractivity contribution < 1.29 is 13.2 Å². The minimum Gasteiger partial charge on any atom is -0.325 e. The van der Waals surface area contributed by atoms with Gasteiger partial charge >= 0.3 is 0 Å². The summed E-state index contributed by atoms with van der Waals surface area (Å²) < 4.78 is 27.3. The lowest BCUT2D eigenvalue weighted by atomic mass is 10.0. The number of anilines is 1. The van der Waals surface area contributed by atoms with Gasteiger partial charge in [-0.3, -0.25) is 9.69 Å². The van der Waals surface area contributed by atoms with Gasteiger partial charge in [-0.1, -0.05) is 44.2 Å². The predicted octanol–water partition coefficient (Wildman–Crippen LogP) is 3.06. The molecule has 156 valence electrons. The van der Waals surface area contributed by atoms with Gasteiger partial charge < -0.3 is 5.32 Å². The van der Waals surface area contributed by atoms with E-state index in [1.807, 2.05) is 48.2 Å². The summed E-state index contributed by atoms with van der Waals surface area (Å²) in [4.78, 5) is 14.6. The number of piperazine rings is 1. The number of benzene rings is 2. The average Bonchev–Trinajstić information content (AvgIpc) is 2.70. The number of nitrogens with zero attached hydrogens (tertiary/aromatic N) is 2. The van der Waals surface area contributed by atoms with Crippen molar-refractivity contribution >= 4 is 21.6 Å². The Balaban J connectivity index is 1.55. The molecule has 29 heavy (non-hydrogen) atoms. The fourth-order valence-corrected chi connectivity index (χ4v) is 4.83. The highest BCUT2D eigenvalue weighted by Gasteiger charge is 2.29.